The molecule has 0 aromatic carbocycles. The molecule has 1 fully saturated rings. The second kappa shape index (κ2) is 7.14. The number of aliphatic hydroxyl groups excluding tert-OH is 1. The molecule has 2 N–H and O–H groups in total. The van der Waals surface area contributed by atoms with E-state index in [1.165, 1.54) is 11.1 Å². The van der Waals surface area contributed by atoms with Gasteiger partial charge in [-0.05, 0) is 70.6 Å². The van der Waals surface area contributed by atoms with Crippen LogP contribution in [-0.4, -0.2) is 21.9 Å². The van der Waals surface area contributed by atoms with Crippen molar-refractivity contribution in [3.05, 3.63) is 36.5 Å². The van der Waals surface area contributed by atoms with Gasteiger partial charge in [-0.25, -0.2) is 0 Å². The molecule has 0 aromatic heterocycles. The summed E-state index contributed by atoms with van der Waals surface area (Å²) >= 11 is 0. The van der Waals surface area contributed by atoms with Crippen molar-refractivity contribution >= 4 is 0 Å². The Morgan fingerprint density at radius 2 is 2.00 bits per heavy atom. The molecule has 1 saturated carbocycles. The Labute approximate surface area is 136 Å². The van der Waals surface area contributed by atoms with E-state index in [0.717, 1.165) is 19.3 Å². The van der Waals surface area contributed by atoms with Crippen LogP contribution in [0.3, 0.4) is 0 Å². The van der Waals surface area contributed by atoms with Gasteiger partial charge in [0.05, 0.1) is 11.7 Å². The molecule has 0 amide bonds. The fourth-order valence-corrected chi connectivity index (χ4v) is 3.51. The Morgan fingerprint density at radius 3 is 2.45 bits per heavy atom. The van der Waals surface area contributed by atoms with Crippen molar-refractivity contribution in [2.45, 2.75) is 72.0 Å². The molecular formula is C20H34O2. The van der Waals surface area contributed by atoms with E-state index in [0.29, 0.717) is 18.3 Å². The number of aliphatic hydroxyl groups is 2. The van der Waals surface area contributed by atoms with E-state index in [9.17, 15) is 10.2 Å². The standard InChI is InChI=1S/C20H34O2/c1-8-20(7)12-11-16(13-17(20)14(2)3)15(4)9-10-18(21)19(5,6)22/h8-9,16-18,21-22H,1-2,10-13H2,3-7H3. The van der Waals surface area contributed by atoms with Gasteiger partial charge < -0.3 is 10.2 Å². The first-order valence-electron chi connectivity index (χ1n) is 8.37. The number of hydrogen-bond donors (Lipinski definition) is 2. The van der Waals surface area contributed by atoms with Crippen LogP contribution in [0, 0.1) is 17.3 Å². The molecule has 4 unspecified atom stereocenters. The summed E-state index contributed by atoms with van der Waals surface area (Å²) in [5.74, 6) is 0.995. The molecule has 0 heterocycles. The van der Waals surface area contributed by atoms with Crippen LogP contribution in [0.2, 0.25) is 0 Å². The van der Waals surface area contributed by atoms with Crippen molar-refractivity contribution in [3.8, 4) is 0 Å². The van der Waals surface area contributed by atoms with Crippen LogP contribution in [-0.2, 0) is 0 Å². The van der Waals surface area contributed by atoms with Crippen LogP contribution < -0.4 is 0 Å². The van der Waals surface area contributed by atoms with Gasteiger partial charge >= 0.3 is 0 Å². The van der Waals surface area contributed by atoms with Crippen molar-refractivity contribution < 1.29 is 10.2 Å². The van der Waals surface area contributed by atoms with Gasteiger partial charge in [-0.3, -0.25) is 0 Å². The molecule has 0 saturated heterocycles. The molecular weight excluding hydrogens is 272 g/mol. The van der Waals surface area contributed by atoms with Gasteiger partial charge in [0.2, 0.25) is 0 Å². The second-order valence-electron chi connectivity index (χ2n) is 7.93. The van der Waals surface area contributed by atoms with Gasteiger partial charge in [0.15, 0.2) is 0 Å². The molecule has 1 aliphatic carbocycles. The lowest BCUT2D eigenvalue weighted by atomic mass is 9.61. The summed E-state index contributed by atoms with van der Waals surface area (Å²) in [6, 6.07) is 0. The third-order valence-corrected chi connectivity index (χ3v) is 5.53. The maximum Gasteiger partial charge on any atom is 0.0856 e. The Bertz CT molecular complexity index is 441. The minimum Gasteiger partial charge on any atom is -0.390 e. The second-order valence-corrected chi connectivity index (χ2v) is 7.93. The van der Waals surface area contributed by atoms with Crippen molar-refractivity contribution in [1.82, 2.24) is 0 Å². The molecule has 0 bridgehead atoms. The van der Waals surface area contributed by atoms with Gasteiger partial charge in [0, 0.05) is 0 Å². The van der Waals surface area contributed by atoms with E-state index in [-0.39, 0.29) is 5.41 Å². The van der Waals surface area contributed by atoms with Crippen LogP contribution in [0.4, 0.5) is 0 Å². The smallest absolute Gasteiger partial charge is 0.0856 e. The first-order valence-corrected chi connectivity index (χ1v) is 8.37. The van der Waals surface area contributed by atoms with E-state index in [4.69, 9.17) is 0 Å². The summed E-state index contributed by atoms with van der Waals surface area (Å²) in [7, 11) is 0. The maximum absolute atomic E-state index is 9.97. The van der Waals surface area contributed by atoms with Crippen molar-refractivity contribution in [2.75, 3.05) is 0 Å². The summed E-state index contributed by atoms with van der Waals surface area (Å²) in [5.41, 5.74) is 1.65. The number of allylic oxidation sites excluding steroid dienone is 3. The maximum atomic E-state index is 9.97. The molecule has 2 heteroatoms. The van der Waals surface area contributed by atoms with E-state index in [1.807, 2.05) is 0 Å². The third-order valence-electron chi connectivity index (χ3n) is 5.53. The number of rotatable bonds is 6. The van der Waals surface area contributed by atoms with Crippen LogP contribution in [0.1, 0.15) is 60.3 Å². The van der Waals surface area contributed by atoms with Crippen LogP contribution in [0.15, 0.2) is 36.5 Å². The van der Waals surface area contributed by atoms with Crippen molar-refractivity contribution in [1.29, 1.82) is 0 Å². The van der Waals surface area contributed by atoms with E-state index >= 15 is 0 Å². The monoisotopic (exact) mass is 306 g/mol. The lowest BCUT2D eigenvalue weighted by Gasteiger charge is -2.43. The summed E-state index contributed by atoms with van der Waals surface area (Å²) < 4.78 is 0. The van der Waals surface area contributed by atoms with Gasteiger partial charge in [-0.2, -0.15) is 0 Å². The zero-order valence-electron chi connectivity index (χ0n) is 15.0. The normalized spacial score (nSPS) is 31.7. The SMILES string of the molecule is C=CC1(C)CCC(C(C)=CCC(O)C(C)(C)O)CC1C(=C)C. The van der Waals surface area contributed by atoms with Crippen molar-refractivity contribution in [2.24, 2.45) is 17.3 Å². The van der Waals surface area contributed by atoms with Crippen LogP contribution >= 0.6 is 0 Å². The first kappa shape index (κ1) is 19.2. The zero-order valence-corrected chi connectivity index (χ0v) is 15.0. The molecule has 0 spiro atoms. The molecule has 126 valence electrons. The third kappa shape index (κ3) is 4.57. The molecule has 1 aliphatic rings. The largest absolute Gasteiger partial charge is 0.390 e. The fraction of sp³-hybridized carbons (Fsp3) is 0.700. The highest BCUT2D eigenvalue weighted by Crippen LogP contribution is 2.48. The topological polar surface area (TPSA) is 40.5 Å². The summed E-state index contributed by atoms with van der Waals surface area (Å²) in [4.78, 5) is 0. The molecule has 0 aliphatic heterocycles. The quantitative estimate of drug-likeness (QED) is 0.702. The van der Waals surface area contributed by atoms with Gasteiger partial charge in [0.1, 0.15) is 0 Å². The Hall–Kier alpha value is -0.860. The molecule has 1 rings (SSSR count). The summed E-state index contributed by atoms with van der Waals surface area (Å²) in [6.45, 7) is 18.1. The fourth-order valence-electron chi connectivity index (χ4n) is 3.51. The lowest BCUT2D eigenvalue weighted by molar-refractivity contribution is -0.0457. The van der Waals surface area contributed by atoms with Crippen LogP contribution in [0.5, 0.6) is 0 Å². The Morgan fingerprint density at radius 1 is 1.41 bits per heavy atom. The average Bonchev–Trinajstić information content (AvgIpc) is 2.43. The molecule has 4 atom stereocenters. The minimum atomic E-state index is -1.05. The molecule has 0 radical (unpaired) electrons. The zero-order chi connectivity index (χ0) is 17.1. The average molecular weight is 306 g/mol. The Kier molecular flexibility index (Phi) is 6.23. The van der Waals surface area contributed by atoms with E-state index in [1.54, 1.807) is 13.8 Å². The molecule has 0 aromatic rings. The molecule has 2 nitrogen and oxygen atoms in total. The van der Waals surface area contributed by atoms with E-state index in [2.05, 4.69) is 46.1 Å². The van der Waals surface area contributed by atoms with Crippen LogP contribution in [0.25, 0.3) is 0 Å². The van der Waals surface area contributed by atoms with Gasteiger partial charge in [-0.15, -0.1) is 6.58 Å². The predicted octanol–water partition coefficient (Wildman–Crippen LogP) is 4.64. The molecule has 22 heavy (non-hydrogen) atoms. The van der Waals surface area contributed by atoms with Gasteiger partial charge in [0.25, 0.3) is 0 Å². The highest BCUT2D eigenvalue weighted by Gasteiger charge is 2.38. The lowest BCUT2D eigenvalue weighted by Crippen LogP contribution is -2.35. The Balaban J connectivity index is 2.78. The van der Waals surface area contributed by atoms with E-state index < -0.39 is 11.7 Å². The summed E-state index contributed by atoms with van der Waals surface area (Å²) in [5, 5.41) is 19.8. The highest BCUT2D eigenvalue weighted by molar-refractivity contribution is 5.16. The summed E-state index contributed by atoms with van der Waals surface area (Å²) in [6.07, 6.45) is 7.34. The highest BCUT2D eigenvalue weighted by atomic mass is 16.3. The predicted molar refractivity (Wildman–Crippen MR) is 94.6 cm³/mol. The first-order chi connectivity index (χ1) is 10.0. The number of hydrogen-bond acceptors (Lipinski definition) is 2. The van der Waals surface area contributed by atoms with Crippen molar-refractivity contribution in [3.63, 3.8) is 0 Å². The van der Waals surface area contributed by atoms with Gasteiger partial charge in [-0.1, -0.05) is 36.8 Å². The minimum absolute atomic E-state index is 0.148.